The van der Waals surface area contributed by atoms with E-state index in [4.69, 9.17) is 4.74 Å². The van der Waals surface area contributed by atoms with Crippen LogP contribution < -0.4 is 15.0 Å². The molecule has 0 saturated heterocycles. The Kier molecular flexibility index (Phi) is 5.23. The van der Waals surface area contributed by atoms with E-state index in [-0.39, 0.29) is 0 Å². The van der Waals surface area contributed by atoms with Crippen LogP contribution in [0.25, 0.3) is 0 Å². The van der Waals surface area contributed by atoms with E-state index in [9.17, 15) is 0 Å². The summed E-state index contributed by atoms with van der Waals surface area (Å²) in [6.07, 6.45) is 0. The van der Waals surface area contributed by atoms with Gasteiger partial charge in [0.2, 0.25) is 0 Å². The number of hydrogen-bond donors (Lipinski definition) is 1. The zero-order valence-corrected chi connectivity index (χ0v) is 13.3. The van der Waals surface area contributed by atoms with E-state index < -0.39 is 0 Å². The van der Waals surface area contributed by atoms with Crippen molar-refractivity contribution in [2.24, 2.45) is 0 Å². The first-order chi connectivity index (χ1) is 10.1. The molecule has 0 aromatic heterocycles. The minimum atomic E-state index is 0.325. The molecule has 0 aliphatic rings. The van der Waals surface area contributed by atoms with Gasteiger partial charge in [0.1, 0.15) is 5.75 Å². The number of nitrogens with zero attached hydrogens (tertiary/aromatic N) is 1. The van der Waals surface area contributed by atoms with Crippen molar-refractivity contribution in [1.82, 2.24) is 5.32 Å². The van der Waals surface area contributed by atoms with Gasteiger partial charge in [-0.2, -0.15) is 0 Å². The molecule has 0 saturated carbocycles. The Morgan fingerprint density at radius 3 is 2.43 bits per heavy atom. The normalized spacial score (nSPS) is 12.0. The molecule has 2 aromatic carbocycles. The summed E-state index contributed by atoms with van der Waals surface area (Å²) in [5, 5.41) is 3.55. The Labute approximate surface area is 127 Å². The van der Waals surface area contributed by atoms with Gasteiger partial charge in [0.05, 0.1) is 12.8 Å². The van der Waals surface area contributed by atoms with E-state index in [2.05, 4.69) is 59.6 Å². The van der Waals surface area contributed by atoms with Crippen LogP contribution in [0.3, 0.4) is 0 Å². The average Bonchev–Trinajstić information content (AvgIpc) is 2.52. The first-order valence-corrected chi connectivity index (χ1v) is 7.24. The molecule has 3 heteroatoms. The Morgan fingerprint density at radius 1 is 1.10 bits per heavy atom. The van der Waals surface area contributed by atoms with Crippen LogP contribution in [0, 0.1) is 0 Å². The van der Waals surface area contributed by atoms with Crippen molar-refractivity contribution >= 4 is 5.69 Å². The molecule has 2 rings (SSSR count). The molecule has 0 aliphatic carbocycles. The first kappa shape index (κ1) is 15.4. The van der Waals surface area contributed by atoms with Crippen LogP contribution >= 0.6 is 0 Å². The summed E-state index contributed by atoms with van der Waals surface area (Å²) < 4.78 is 5.47. The fourth-order valence-corrected chi connectivity index (χ4v) is 2.33. The minimum Gasteiger partial charge on any atom is -0.495 e. The van der Waals surface area contributed by atoms with Gasteiger partial charge in [0.25, 0.3) is 0 Å². The van der Waals surface area contributed by atoms with E-state index >= 15 is 0 Å². The van der Waals surface area contributed by atoms with Gasteiger partial charge < -0.3 is 15.0 Å². The second-order valence-corrected chi connectivity index (χ2v) is 5.41. The summed E-state index contributed by atoms with van der Waals surface area (Å²) in [5.74, 6) is 0.909. The number of benzene rings is 2. The molecular formula is C18H24N2O. The Bertz CT molecular complexity index is 567. The number of anilines is 1. The largest absolute Gasteiger partial charge is 0.495 e. The smallest absolute Gasteiger partial charge is 0.142 e. The van der Waals surface area contributed by atoms with Gasteiger partial charge in [0, 0.05) is 26.7 Å². The van der Waals surface area contributed by atoms with Gasteiger partial charge >= 0.3 is 0 Å². The maximum Gasteiger partial charge on any atom is 0.142 e. The number of methoxy groups -OCH3 is 1. The van der Waals surface area contributed by atoms with Crippen LogP contribution in [0.2, 0.25) is 0 Å². The maximum absolute atomic E-state index is 5.47. The second kappa shape index (κ2) is 7.14. The van der Waals surface area contributed by atoms with E-state index in [1.807, 2.05) is 20.2 Å². The molecule has 1 N–H and O–H groups in total. The second-order valence-electron chi connectivity index (χ2n) is 5.41. The van der Waals surface area contributed by atoms with E-state index in [1.165, 1.54) is 11.1 Å². The number of hydrogen-bond acceptors (Lipinski definition) is 3. The molecular weight excluding hydrogens is 260 g/mol. The van der Waals surface area contributed by atoms with Crippen molar-refractivity contribution in [2.45, 2.75) is 19.5 Å². The van der Waals surface area contributed by atoms with Crippen LogP contribution in [-0.2, 0) is 6.54 Å². The Morgan fingerprint density at radius 2 is 1.81 bits per heavy atom. The Balaban J connectivity index is 2.03. The summed E-state index contributed by atoms with van der Waals surface area (Å²) in [6.45, 7) is 3.00. The predicted octanol–water partition coefficient (Wildman–Crippen LogP) is 3.61. The van der Waals surface area contributed by atoms with Gasteiger partial charge in [-0.05, 0) is 30.2 Å². The lowest BCUT2D eigenvalue weighted by atomic mass is 10.1. The lowest BCUT2D eigenvalue weighted by molar-refractivity contribution is 0.414. The number of nitrogens with one attached hydrogen (secondary N) is 1. The lowest BCUT2D eigenvalue weighted by Crippen LogP contribution is -2.18. The molecule has 0 amide bonds. The van der Waals surface area contributed by atoms with Crippen molar-refractivity contribution < 1.29 is 4.74 Å². The molecule has 0 bridgehead atoms. The third kappa shape index (κ3) is 3.99. The van der Waals surface area contributed by atoms with Gasteiger partial charge in [-0.1, -0.05) is 36.4 Å². The quantitative estimate of drug-likeness (QED) is 0.877. The highest BCUT2D eigenvalue weighted by molar-refractivity contribution is 5.58. The summed E-state index contributed by atoms with van der Waals surface area (Å²) in [4.78, 5) is 2.06. The third-order valence-corrected chi connectivity index (χ3v) is 3.64. The monoisotopic (exact) mass is 284 g/mol. The topological polar surface area (TPSA) is 24.5 Å². The molecule has 1 unspecified atom stereocenters. The van der Waals surface area contributed by atoms with Crippen LogP contribution in [0.4, 0.5) is 5.69 Å². The molecule has 1 atom stereocenters. The van der Waals surface area contributed by atoms with Gasteiger partial charge in [-0.15, -0.1) is 0 Å². The average molecular weight is 284 g/mol. The lowest BCUT2D eigenvalue weighted by Gasteiger charge is -2.18. The van der Waals surface area contributed by atoms with Gasteiger partial charge in [-0.25, -0.2) is 0 Å². The van der Waals surface area contributed by atoms with Crippen molar-refractivity contribution in [3.63, 3.8) is 0 Å². The van der Waals surface area contributed by atoms with Crippen LogP contribution in [0.1, 0.15) is 24.1 Å². The highest BCUT2D eigenvalue weighted by Crippen LogP contribution is 2.27. The molecule has 0 heterocycles. The van der Waals surface area contributed by atoms with Crippen molar-refractivity contribution in [1.29, 1.82) is 0 Å². The molecule has 0 aliphatic heterocycles. The zero-order valence-electron chi connectivity index (χ0n) is 13.3. The van der Waals surface area contributed by atoms with Gasteiger partial charge in [0.15, 0.2) is 0 Å². The molecule has 0 radical (unpaired) electrons. The van der Waals surface area contributed by atoms with Crippen molar-refractivity contribution in [3.05, 3.63) is 59.7 Å². The predicted molar refractivity (Wildman–Crippen MR) is 89.0 cm³/mol. The molecule has 112 valence electrons. The highest BCUT2D eigenvalue weighted by Gasteiger charge is 2.08. The summed E-state index contributed by atoms with van der Waals surface area (Å²) in [7, 11) is 5.76. The molecule has 3 nitrogen and oxygen atoms in total. The SMILES string of the molecule is COc1cc(CNC(C)c2ccccc2)ccc1N(C)C. The van der Waals surface area contributed by atoms with Crippen LogP contribution in [-0.4, -0.2) is 21.2 Å². The van der Waals surface area contributed by atoms with Crippen LogP contribution in [0.15, 0.2) is 48.5 Å². The van der Waals surface area contributed by atoms with Crippen molar-refractivity contribution in [3.8, 4) is 5.75 Å². The van der Waals surface area contributed by atoms with Gasteiger partial charge in [-0.3, -0.25) is 0 Å². The maximum atomic E-state index is 5.47. The number of ether oxygens (including phenoxy) is 1. The summed E-state index contributed by atoms with van der Waals surface area (Å²) in [6, 6.07) is 17.1. The minimum absolute atomic E-state index is 0.325. The summed E-state index contributed by atoms with van der Waals surface area (Å²) in [5.41, 5.74) is 3.62. The van der Waals surface area contributed by atoms with Crippen molar-refractivity contribution in [2.75, 3.05) is 26.1 Å². The molecule has 21 heavy (non-hydrogen) atoms. The first-order valence-electron chi connectivity index (χ1n) is 7.24. The fraction of sp³-hybridized carbons (Fsp3) is 0.333. The van der Waals surface area contributed by atoms with E-state index in [1.54, 1.807) is 7.11 Å². The molecule has 2 aromatic rings. The van der Waals surface area contributed by atoms with E-state index in [0.717, 1.165) is 18.0 Å². The molecule has 0 spiro atoms. The van der Waals surface area contributed by atoms with Crippen LogP contribution in [0.5, 0.6) is 5.75 Å². The Hall–Kier alpha value is -2.00. The van der Waals surface area contributed by atoms with E-state index in [0.29, 0.717) is 6.04 Å². The third-order valence-electron chi connectivity index (χ3n) is 3.64. The summed E-state index contributed by atoms with van der Waals surface area (Å²) >= 11 is 0. The number of rotatable bonds is 6. The highest BCUT2D eigenvalue weighted by atomic mass is 16.5. The fourth-order valence-electron chi connectivity index (χ4n) is 2.33. The molecule has 0 fully saturated rings. The zero-order chi connectivity index (χ0) is 15.2. The standard InChI is InChI=1S/C18H24N2O/c1-14(16-8-6-5-7-9-16)19-13-15-10-11-17(20(2)3)18(12-15)21-4/h5-12,14,19H,13H2,1-4H3.